The Bertz CT molecular complexity index is 727. The molecule has 0 saturated heterocycles. The minimum atomic E-state index is -5.08. The second-order valence-electron chi connectivity index (χ2n) is 5.97. The van der Waals surface area contributed by atoms with Crippen LogP contribution in [0, 0.1) is 0 Å². The highest BCUT2D eigenvalue weighted by Crippen LogP contribution is 2.13. The van der Waals surface area contributed by atoms with E-state index in [0.717, 1.165) is 0 Å². The topological polar surface area (TPSA) is 138 Å². The highest BCUT2D eigenvalue weighted by Gasteiger charge is 2.38. The highest BCUT2D eigenvalue weighted by molar-refractivity contribution is 7.85. The van der Waals surface area contributed by atoms with Crippen molar-refractivity contribution in [2.45, 2.75) is 39.0 Å². The molecule has 1 aromatic heterocycles. The minimum Gasteiger partial charge on any atom is -0.475 e. The first-order valence-corrected chi connectivity index (χ1v) is 8.56. The largest absolute Gasteiger partial charge is 0.490 e. The molecule has 0 aliphatic heterocycles. The van der Waals surface area contributed by atoms with E-state index in [9.17, 15) is 26.4 Å². The number of nitrogens with one attached hydrogen (secondary N) is 1. The zero-order valence-corrected chi connectivity index (χ0v) is 14.9. The highest BCUT2D eigenvalue weighted by atomic mass is 32.2. The molecule has 0 saturated carbocycles. The molecule has 9 nitrogen and oxygen atoms in total. The van der Waals surface area contributed by atoms with Gasteiger partial charge in [0.2, 0.25) is 0 Å². The Labute approximate surface area is 147 Å². The first-order valence-electron chi connectivity index (χ1n) is 6.95. The summed E-state index contributed by atoms with van der Waals surface area (Å²) in [5.74, 6) is -3.42. The van der Waals surface area contributed by atoms with E-state index in [1.54, 1.807) is 0 Å². The predicted molar refractivity (Wildman–Crippen MR) is 81.8 cm³/mol. The molecule has 0 spiro atoms. The molecule has 1 aromatic rings. The Morgan fingerprint density at radius 3 is 2.08 bits per heavy atom. The van der Waals surface area contributed by atoms with Crippen LogP contribution in [0.2, 0.25) is 0 Å². The summed E-state index contributed by atoms with van der Waals surface area (Å²) in [5, 5.41) is 13.8. The normalized spacial score (nSPS) is 12.0. The van der Waals surface area contributed by atoms with Gasteiger partial charge in [0.25, 0.3) is 16.0 Å². The van der Waals surface area contributed by atoms with E-state index in [2.05, 4.69) is 10.4 Å². The van der Waals surface area contributed by atoms with Crippen LogP contribution in [0.1, 0.15) is 31.1 Å². The number of aromatic nitrogens is 2. The van der Waals surface area contributed by atoms with Crippen LogP contribution >= 0.6 is 0 Å². The number of nitrogens with zero attached hydrogens (tertiary/aromatic N) is 2. The first kappa shape index (κ1) is 23.7. The summed E-state index contributed by atoms with van der Waals surface area (Å²) in [6.45, 7) is 5.63. The number of carbonyl (C=O) groups is 2. The molecule has 0 bridgehead atoms. The molecule has 13 heteroatoms. The van der Waals surface area contributed by atoms with Crippen LogP contribution in [0.4, 0.5) is 13.2 Å². The molecule has 0 aliphatic rings. The number of hydrogen-bond acceptors (Lipinski definition) is 5. The maximum Gasteiger partial charge on any atom is 0.490 e. The van der Waals surface area contributed by atoms with Crippen molar-refractivity contribution in [3.63, 3.8) is 0 Å². The second kappa shape index (κ2) is 8.89. The van der Waals surface area contributed by atoms with Crippen molar-refractivity contribution in [3.8, 4) is 0 Å². The number of hydrogen-bond donors (Lipinski definition) is 3. The van der Waals surface area contributed by atoms with Crippen LogP contribution in [0.3, 0.4) is 0 Å². The molecule has 1 amide bonds. The molecule has 3 N–H and O–H groups in total. The molecule has 1 rings (SSSR count). The molecule has 0 unspecified atom stereocenters. The molecule has 0 atom stereocenters. The SMILES string of the molecule is CC(C)(C)NC(=O)c1cc[n+](CCS(=O)(=O)O)nc1.O=C(O)C(F)(F)F. The van der Waals surface area contributed by atoms with Gasteiger partial charge in [-0.05, 0) is 25.9 Å². The third-order valence-electron chi connectivity index (χ3n) is 2.34. The van der Waals surface area contributed by atoms with Gasteiger partial charge in [0, 0.05) is 11.6 Å². The lowest BCUT2D eigenvalue weighted by molar-refractivity contribution is -0.750. The number of carbonyl (C=O) groups excluding carboxylic acids is 1. The third kappa shape index (κ3) is 11.3. The van der Waals surface area contributed by atoms with Crippen LogP contribution in [-0.2, 0) is 21.5 Å². The summed E-state index contributed by atoms with van der Waals surface area (Å²) in [5.41, 5.74) is 0.0476. The molecule has 0 aromatic carbocycles. The molecule has 1 heterocycles. The van der Waals surface area contributed by atoms with Gasteiger partial charge in [0.15, 0.2) is 12.7 Å². The Kier molecular flexibility index (Phi) is 8.11. The Morgan fingerprint density at radius 1 is 1.27 bits per heavy atom. The number of rotatable bonds is 4. The fraction of sp³-hybridized carbons (Fsp3) is 0.538. The quantitative estimate of drug-likeness (QED) is 0.490. The van der Waals surface area contributed by atoms with Crippen LogP contribution in [0.5, 0.6) is 0 Å². The van der Waals surface area contributed by atoms with Gasteiger partial charge in [-0.25, -0.2) is 4.79 Å². The molecular weight excluding hydrogens is 383 g/mol. The van der Waals surface area contributed by atoms with Crippen molar-refractivity contribution in [3.05, 3.63) is 24.0 Å². The van der Waals surface area contributed by atoms with Gasteiger partial charge in [-0.2, -0.15) is 21.6 Å². The Hall–Kier alpha value is -2.28. The number of aryl methyl sites for hydroxylation is 1. The number of carboxylic acids is 1. The number of carboxylic acid groups (broad SMARTS) is 1. The Morgan fingerprint density at radius 2 is 1.77 bits per heavy atom. The summed E-state index contributed by atoms with van der Waals surface area (Å²) >= 11 is 0. The van der Waals surface area contributed by atoms with Crippen molar-refractivity contribution in [1.82, 2.24) is 10.4 Å². The van der Waals surface area contributed by atoms with Crippen LogP contribution in [0.15, 0.2) is 18.5 Å². The van der Waals surface area contributed by atoms with Crippen LogP contribution < -0.4 is 10.00 Å². The minimum absolute atomic E-state index is 0.0278. The number of aliphatic carboxylic acids is 1. The molecule has 0 radical (unpaired) electrons. The maximum atomic E-state index is 11.8. The predicted octanol–water partition coefficient (Wildman–Crippen LogP) is 0.419. The summed E-state index contributed by atoms with van der Waals surface area (Å²) in [6.07, 6.45) is -2.24. The fourth-order valence-electron chi connectivity index (χ4n) is 1.27. The van der Waals surface area contributed by atoms with Crippen LogP contribution in [-0.4, -0.2) is 52.5 Å². The first-order chi connectivity index (χ1) is 11.5. The van der Waals surface area contributed by atoms with E-state index in [-0.39, 0.29) is 18.0 Å². The molecule has 148 valence electrons. The summed E-state index contributed by atoms with van der Waals surface area (Å²) in [4.78, 5) is 20.7. The van der Waals surface area contributed by atoms with E-state index in [0.29, 0.717) is 5.56 Å². The van der Waals surface area contributed by atoms with Gasteiger partial charge >= 0.3 is 12.1 Å². The van der Waals surface area contributed by atoms with Crippen LogP contribution in [0.25, 0.3) is 0 Å². The lowest BCUT2D eigenvalue weighted by atomic mass is 10.1. The van der Waals surface area contributed by atoms with E-state index < -0.39 is 28.0 Å². The van der Waals surface area contributed by atoms with Crippen molar-refractivity contribution >= 4 is 22.0 Å². The van der Waals surface area contributed by atoms with Gasteiger partial charge in [0.05, 0.1) is 5.56 Å². The van der Waals surface area contributed by atoms with Gasteiger partial charge < -0.3 is 10.4 Å². The standard InChI is InChI=1S/C11H17N3O4S.C2HF3O2/c1-11(2,3)13-10(15)9-4-5-14(12-8-9)6-7-19(16,17)18;3-2(4,5)1(6)7/h4-5,8H,6-7H2,1-3H3,(H-,13,15,16,17,18);(H,6,7)/p+1. The van der Waals surface area contributed by atoms with Crippen molar-refractivity contribution in [1.29, 1.82) is 0 Å². The molecule has 26 heavy (non-hydrogen) atoms. The fourth-order valence-corrected chi connectivity index (χ4v) is 1.69. The summed E-state index contributed by atoms with van der Waals surface area (Å²) in [6, 6.07) is 1.54. The van der Waals surface area contributed by atoms with Gasteiger partial charge in [-0.1, -0.05) is 4.68 Å². The number of amides is 1. The van der Waals surface area contributed by atoms with Gasteiger partial charge in [0.1, 0.15) is 11.9 Å². The average molecular weight is 402 g/mol. The second-order valence-corrected chi connectivity index (χ2v) is 7.54. The number of alkyl halides is 3. The lowest BCUT2D eigenvalue weighted by Crippen LogP contribution is -2.43. The van der Waals surface area contributed by atoms with Gasteiger partial charge in [-0.3, -0.25) is 9.35 Å². The van der Waals surface area contributed by atoms with E-state index in [4.69, 9.17) is 14.5 Å². The smallest absolute Gasteiger partial charge is 0.475 e. The zero-order chi connectivity index (χ0) is 20.8. The van der Waals surface area contributed by atoms with Crippen molar-refractivity contribution < 1.29 is 45.5 Å². The summed E-state index contributed by atoms with van der Waals surface area (Å²) in [7, 11) is -4.01. The lowest BCUT2D eigenvalue weighted by Gasteiger charge is -2.19. The molecular formula is C13H19F3N3O6S+. The van der Waals surface area contributed by atoms with E-state index in [1.165, 1.54) is 23.1 Å². The van der Waals surface area contributed by atoms with Gasteiger partial charge in [-0.15, -0.1) is 0 Å². The zero-order valence-electron chi connectivity index (χ0n) is 14.1. The molecule has 0 fully saturated rings. The third-order valence-corrected chi connectivity index (χ3v) is 3.04. The van der Waals surface area contributed by atoms with E-state index >= 15 is 0 Å². The average Bonchev–Trinajstić information content (AvgIpc) is 2.42. The molecule has 0 aliphatic carbocycles. The maximum absolute atomic E-state index is 11.8. The monoisotopic (exact) mass is 402 g/mol. The number of halogens is 3. The summed E-state index contributed by atoms with van der Waals surface area (Å²) < 4.78 is 62.9. The van der Waals surface area contributed by atoms with E-state index in [1.807, 2.05) is 20.8 Å². The van der Waals surface area contributed by atoms with Crippen molar-refractivity contribution in [2.24, 2.45) is 0 Å². The Balaban J connectivity index is 0.000000758. The van der Waals surface area contributed by atoms with Crippen molar-refractivity contribution in [2.75, 3.05) is 5.75 Å².